The molecule has 1 N–H and O–H groups in total. The monoisotopic (exact) mass is 219 g/mol. The molecule has 0 saturated heterocycles. The van der Waals surface area contributed by atoms with Crippen molar-refractivity contribution in [3.8, 4) is 11.3 Å². The Balaban J connectivity index is 2.08. The Morgan fingerprint density at radius 2 is 2.12 bits per heavy atom. The first-order valence-electron chi connectivity index (χ1n) is 4.87. The van der Waals surface area contributed by atoms with Crippen LogP contribution in [0.3, 0.4) is 0 Å². The van der Waals surface area contributed by atoms with Gasteiger partial charge in [-0.3, -0.25) is 4.79 Å². The van der Waals surface area contributed by atoms with Gasteiger partial charge in [0.15, 0.2) is 24.7 Å². The first-order valence-corrected chi connectivity index (χ1v) is 4.87. The van der Waals surface area contributed by atoms with E-state index in [1.54, 1.807) is 12.3 Å². The number of carbonyl (C=O) groups is 1. The highest BCUT2D eigenvalue weighted by molar-refractivity contribution is 5.66. The SMILES string of the molecule is O=C(O)CC[n+]1ccc(-c2ccno2)cc1. The van der Waals surface area contributed by atoms with Gasteiger partial charge in [-0.1, -0.05) is 5.16 Å². The van der Waals surface area contributed by atoms with Crippen LogP contribution in [0.1, 0.15) is 6.42 Å². The highest BCUT2D eigenvalue weighted by Gasteiger charge is 2.07. The molecule has 16 heavy (non-hydrogen) atoms. The summed E-state index contributed by atoms with van der Waals surface area (Å²) in [5, 5.41) is 12.2. The van der Waals surface area contributed by atoms with Gasteiger partial charge in [-0.25, -0.2) is 4.57 Å². The second-order valence-electron chi connectivity index (χ2n) is 3.35. The van der Waals surface area contributed by atoms with Crippen LogP contribution < -0.4 is 4.57 Å². The lowest BCUT2D eigenvalue weighted by Crippen LogP contribution is -2.33. The van der Waals surface area contributed by atoms with Crippen molar-refractivity contribution in [3.63, 3.8) is 0 Å². The van der Waals surface area contributed by atoms with E-state index in [4.69, 9.17) is 9.63 Å². The minimum atomic E-state index is -0.799. The van der Waals surface area contributed by atoms with Crippen molar-refractivity contribution < 1.29 is 19.0 Å². The summed E-state index contributed by atoms with van der Waals surface area (Å²) in [6, 6.07) is 5.50. The first-order chi connectivity index (χ1) is 7.75. The summed E-state index contributed by atoms with van der Waals surface area (Å²) < 4.78 is 6.82. The van der Waals surface area contributed by atoms with E-state index in [-0.39, 0.29) is 6.42 Å². The van der Waals surface area contributed by atoms with Crippen LogP contribution in [0.5, 0.6) is 0 Å². The van der Waals surface area contributed by atoms with Crippen molar-refractivity contribution >= 4 is 5.97 Å². The molecule has 0 atom stereocenters. The summed E-state index contributed by atoms with van der Waals surface area (Å²) in [5.41, 5.74) is 0.920. The predicted octanol–water partition coefficient (Wildman–Crippen LogP) is 1.10. The summed E-state index contributed by atoms with van der Waals surface area (Å²) >= 11 is 0. The summed E-state index contributed by atoms with van der Waals surface area (Å²) in [6.07, 6.45) is 5.34. The van der Waals surface area contributed by atoms with Gasteiger partial charge in [-0.15, -0.1) is 0 Å². The van der Waals surface area contributed by atoms with Crippen LogP contribution >= 0.6 is 0 Å². The number of hydrogen-bond donors (Lipinski definition) is 1. The van der Waals surface area contributed by atoms with Gasteiger partial charge in [0.05, 0.1) is 6.20 Å². The maximum Gasteiger partial charge on any atom is 0.309 e. The van der Waals surface area contributed by atoms with Crippen LogP contribution in [0.25, 0.3) is 11.3 Å². The molecule has 0 aliphatic rings. The summed E-state index contributed by atoms with van der Waals surface area (Å²) in [5.74, 6) is -0.0998. The standard InChI is InChI=1S/C11H10N2O3/c14-11(15)4-8-13-6-2-9(3-7-13)10-1-5-12-16-10/h1-3,5-7H,4,8H2/p+1. The number of aryl methyl sites for hydroxylation is 1. The smallest absolute Gasteiger partial charge is 0.309 e. The van der Waals surface area contributed by atoms with Crippen LogP contribution in [0.4, 0.5) is 0 Å². The number of aliphatic carboxylic acids is 1. The molecule has 2 aromatic rings. The predicted molar refractivity (Wildman–Crippen MR) is 54.4 cm³/mol. The molecule has 0 spiro atoms. The number of carboxylic acids is 1. The first kappa shape index (κ1) is 10.4. The summed E-state index contributed by atoms with van der Waals surface area (Å²) in [4.78, 5) is 10.4. The zero-order valence-corrected chi connectivity index (χ0v) is 8.54. The highest BCUT2D eigenvalue weighted by Crippen LogP contribution is 2.15. The Bertz CT molecular complexity index is 462. The van der Waals surface area contributed by atoms with Crippen molar-refractivity contribution in [1.29, 1.82) is 0 Å². The van der Waals surface area contributed by atoms with Crippen LogP contribution in [0.2, 0.25) is 0 Å². The Morgan fingerprint density at radius 1 is 1.38 bits per heavy atom. The van der Waals surface area contributed by atoms with E-state index in [0.29, 0.717) is 12.3 Å². The fourth-order valence-corrected chi connectivity index (χ4v) is 1.36. The minimum absolute atomic E-state index is 0.117. The molecular formula is C11H11N2O3+. The van der Waals surface area contributed by atoms with Gasteiger partial charge in [-0.05, 0) is 0 Å². The molecule has 5 heteroatoms. The van der Waals surface area contributed by atoms with Crippen LogP contribution in [-0.2, 0) is 11.3 Å². The number of nitrogens with zero attached hydrogens (tertiary/aromatic N) is 2. The molecule has 2 aromatic heterocycles. The molecule has 0 aliphatic carbocycles. The zero-order chi connectivity index (χ0) is 11.4. The van der Waals surface area contributed by atoms with Crippen LogP contribution in [-0.4, -0.2) is 16.2 Å². The number of rotatable bonds is 4. The molecule has 0 aromatic carbocycles. The van der Waals surface area contributed by atoms with E-state index < -0.39 is 5.97 Å². The van der Waals surface area contributed by atoms with Gasteiger partial charge in [0.2, 0.25) is 0 Å². The van der Waals surface area contributed by atoms with Crippen molar-refractivity contribution in [2.75, 3.05) is 0 Å². The molecule has 0 amide bonds. The van der Waals surface area contributed by atoms with Crippen molar-refractivity contribution in [3.05, 3.63) is 36.8 Å². The largest absolute Gasteiger partial charge is 0.481 e. The van der Waals surface area contributed by atoms with E-state index in [2.05, 4.69) is 5.16 Å². The van der Waals surface area contributed by atoms with E-state index in [1.165, 1.54) is 0 Å². The average Bonchev–Trinajstić information content (AvgIpc) is 2.80. The lowest BCUT2D eigenvalue weighted by Gasteiger charge is -1.95. The Hall–Kier alpha value is -2.17. The quantitative estimate of drug-likeness (QED) is 0.782. The third kappa shape index (κ3) is 2.44. The molecule has 0 aliphatic heterocycles. The van der Waals surface area contributed by atoms with Gasteiger partial charge in [0.25, 0.3) is 0 Å². The van der Waals surface area contributed by atoms with Crippen molar-refractivity contribution in [2.24, 2.45) is 0 Å². The van der Waals surface area contributed by atoms with E-state index in [9.17, 15) is 4.79 Å². The Kier molecular flexibility index (Phi) is 2.95. The second-order valence-corrected chi connectivity index (χ2v) is 3.35. The molecule has 5 nitrogen and oxygen atoms in total. The molecule has 0 saturated carbocycles. The number of hydrogen-bond acceptors (Lipinski definition) is 3. The maximum atomic E-state index is 10.4. The number of pyridine rings is 1. The molecule has 0 radical (unpaired) electrons. The third-order valence-corrected chi connectivity index (χ3v) is 2.20. The molecule has 2 heterocycles. The summed E-state index contributed by atoms with van der Waals surface area (Å²) in [6.45, 7) is 0.464. The normalized spacial score (nSPS) is 10.2. The third-order valence-electron chi connectivity index (χ3n) is 2.20. The number of carboxylic acid groups (broad SMARTS) is 1. The van der Waals surface area contributed by atoms with Crippen LogP contribution in [0.15, 0.2) is 41.3 Å². The summed E-state index contributed by atoms with van der Waals surface area (Å²) in [7, 11) is 0. The van der Waals surface area contributed by atoms with Gasteiger partial charge in [0.1, 0.15) is 6.42 Å². The number of aromatic nitrogens is 2. The van der Waals surface area contributed by atoms with E-state index in [0.717, 1.165) is 5.56 Å². The van der Waals surface area contributed by atoms with Gasteiger partial charge in [0, 0.05) is 23.8 Å². The molecule has 0 unspecified atom stereocenters. The fraction of sp³-hybridized carbons (Fsp3) is 0.182. The van der Waals surface area contributed by atoms with E-state index in [1.807, 2.05) is 29.1 Å². The molecule has 0 bridgehead atoms. The molecular weight excluding hydrogens is 208 g/mol. The molecule has 2 rings (SSSR count). The lowest BCUT2D eigenvalue weighted by atomic mass is 10.2. The average molecular weight is 219 g/mol. The lowest BCUT2D eigenvalue weighted by molar-refractivity contribution is -0.695. The maximum absolute atomic E-state index is 10.4. The van der Waals surface area contributed by atoms with Gasteiger partial charge >= 0.3 is 5.97 Å². The second kappa shape index (κ2) is 4.57. The van der Waals surface area contributed by atoms with Crippen LogP contribution in [0, 0.1) is 0 Å². The fourth-order valence-electron chi connectivity index (χ4n) is 1.36. The van der Waals surface area contributed by atoms with Crippen molar-refractivity contribution in [1.82, 2.24) is 5.16 Å². The van der Waals surface area contributed by atoms with E-state index >= 15 is 0 Å². The molecule has 0 fully saturated rings. The van der Waals surface area contributed by atoms with Gasteiger partial charge < -0.3 is 9.63 Å². The minimum Gasteiger partial charge on any atom is -0.481 e. The van der Waals surface area contributed by atoms with Gasteiger partial charge in [-0.2, -0.15) is 0 Å². The molecule has 82 valence electrons. The Labute approximate surface area is 91.9 Å². The Morgan fingerprint density at radius 3 is 2.69 bits per heavy atom. The highest BCUT2D eigenvalue weighted by atomic mass is 16.5. The zero-order valence-electron chi connectivity index (χ0n) is 8.54. The van der Waals surface area contributed by atoms with Crippen molar-refractivity contribution in [2.45, 2.75) is 13.0 Å². The topological polar surface area (TPSA) is 67.2 Å².